The van der Waals surface area contributed by atoms with Crippen LogP contribution in [0, 0.1) is 0 Å². The van der Waals surface area contributed by atoms with E-state index in [1.165, 1.54) is 225 Å². The Kier molecular flexibility index (Phi) is 74.9. The van der Waals surface area contributed by atoms with Crippen LogP contribution in [0.1, 0.15) is 426 Å². The Morgan fingerprint density at radius 1 is 0.265 bits per heavy atom. The van der Waals surface area contributed by atoms with Crippen LogP contribution in [0.25, 0.3) is 0 Å². The molecule has 0 aliphatic carbocycles. The van der Waals surface area contributed by atoms with E-state index < -0.39 is 97.5 Å². The summed E-state index contributed by atoms with van der Waals surface area (Å²) >= 11 is 0. The lowest BCUT2D eigenvalue weighted by Gasteiger charge is -2.21. The molecule has 2 unspecified atom stereocenters. The number of carbonyl (C=O) groups excluding carboxylic acids is 4. The van der Waals surface area contributed by atoms with E-state index in [-0.39, 0.29) is 25.7 Å². The summed E-state index contributed by atoms with van der Waals surface area (Å²) in [5.41, 5.74) is 0. The van der Waals surface area contributed by atoms with Gasteiger partial charge in [-0.2, -0.15) is 0 Å². The van der Waals surface area contributed by atoms with E-state index in [4.69, 9.17) is 37.0 Å². The number of carbonyl (C=O) groups is 4. The second kappa shape index (κ2) is 76.7. The number of aliphatic hydroxyl groups is 1. The van der Waals surface area contributed by atoms with E-state index in [1.807, 2.05) is 0 Å². The first-order chi connectivity index (χ1) is 49.7. The molecule has 19 heteroatoms. The fourth-order valence-electron chi connectivity index (χ4n) is 12.4. The zero-order chi connectivity index (χ0) is 74.6. The van der Waals surface area contributed by atoms with Crippen LogP contribution >= 0.6 is 15.6 Å². The molecule has 0 saturated carbocycles. The van der Waals surface area contributed by atoms with Crippen LogP contribution in [0.4, 0.5) is 0 Å². The van der Waals surface area contributed by atoms with Crippen molar-refractivity contribution in [3.05, 3.63) is 24.3 Å². The second-order valence-electron chi connectivity index (χ2n) is 29.1. The van der Waals surface area contributed by atoms with Crippen molar-refractivity contribution in [3.8, 4) is 0 Å². The highest BCUT2D eigenvalue weighted by atomic mass is 31.2. The monoisotopic (exact) mass is 1490 g/mol. The molecule has 0 aliphatic heterocycles. The molecular formula is C83H158O17P2. The van der Waals surface area contributed by atoms with Gasteiger partial charge >= 0.3 is 39.5 Å². The molecule has 0 aromatic heterocycles. The number of hydrogen-bond acceptors (Lipinski definition) is 15. The van der Waals surface area contributed by atoms with Crippen molar-refractivity contribution in [2.75, 3.05) is 39.6 Å². The van der Waals surface area contributed by atoms with Gasteiger partial charge < -0.3 is 33.8 Å². The van der Waals surface area contributed by atoms with Gasteiger partial charge in [0.15, 0.2) is 12.2 Å². The first-order valence-corrected chi connectivity index (χ1v) is 45.6. The summed E-state index contributed by atoms with van der Waals surface area (Å²) in [6.07, 6.45) is 72.8. The summed E-state index contributed by atoms with van der Waals surface area (Å²) in [7, 11) is -9.94. The van der Waals surface area contributed by atoms with Gasteiger partial charge in [0, 0.05) is 25.7 Å². The van der Waals surface area contributed by atoms with E-state index in [9.17, 15) is 43.2 Å². The first kappa shape index (κ1) is 99.5. The van der Waals surface area contributed by atoms with Crippen molar-refractivity contribution >= 4 is 39.5 Å². The fourth-order valence-corrected chi connectivity index (χ4v) is 14.0. The molecule has 602 valence electrons. The number of phosphoric ester groups is 2. The van der Waals surface area contributed by atoms with E-state index in [0.29, 0.717) is 25.7 Å². The number of hydrogen-bond donors (Lipinski definition) is 3. The predicted octanol–water partition coefficient (Wildman–Crippen LogP) is 24.9. The van der Waals surface area contributed by atoms with Crippen LogP contribution < -0.4 is 0 Å². The summed E-state index contributed by atoms with van der Waals surface area (Å²) in [5, 5.41) is 10.7. The molecule has 0 saturated heterocycles. The Bertz CT molecular complexity index is 2020. The van der Waals surface area contributed by atoms with Gasteiger partial charge in [-0.25, -0.2) is 9.13 Å². The van der Waals surface area contributed by atoms with Crippen molar-refractivity contribution in [2.24, 2.45) is 0 Å². The van der Waals surface area contributed by atoms with Crippen molar-refractivity contribution in [3.63, 3.8) is 0 Å². The molecule has 0 spiro atoms. The molecule has 0 bridgehead atoms. The van der Waals surface area contributed by atoms with Gasteiger partial charge in [0.05, 0.1) is 26.4 Å². The quantitative estimate of drug-likeness (QED) is 0.0169. The molecule has 102 heavy (non-hydrogen) atoms. The Morgan fingerprint density at radius 2 is 0.451 bits per heavy atom. The van der Waals surface area contributed by atoms with Crippen LogP contribution in [0.3, 0.4) is 0 Å². The van der Waals surface area contributed by atoms with Crippen LogP contribution in [-0.2, 0) is 65.4 Å². The molecule has 3 N–H and O–H groups in total. The first-order valence-electron chi connectivity index (χ1n) is 42.6. The number of rotatable bonds is 82. The number of esters is 4. The molecule has 0 aliphatic rings. The minimum absolute atomic E-state index is 0.0940. The van der Waals surface area contributed by atoms with Crippen LogP contribution in [0.15, 0.2) is 24.3 Å². The predicted molar refractivity (Wildman–Crippen MR) is 418 cm³/mol. The molecule has 0 radical (unpaired) electrons. The molecule has 0 fully saturated rings. The highest BCUT2D eigenvalue weighted by Gasteiger charge is 2.30. The lowest BCUT2D eigenvalue weighted by atomic mass is 10.0. The van der Waals surface area contributed by atoms with E-state index in [2.05, 4.69) is 52.0 Å². The minimum Gasteiger partial charge on any atom is -0.462 e. The summed E-state index contributed by atoms with van der Waals surface area (Å²) in [5.74, 6) is -2.13. The molecule has 5 atom stereocenters. The minimum atomic E-state index is -4.97. The highest BCUT2D eigenvalue weighted by molar-refractivity contribution is 7.47. The van der Waals surface area contributed by atoms with Crippen LogP contribution in [-0.4, -0.2) is 96.7 Å². The summed E-state index contributed by atoms with van der Waals surface area (Å²) in [6, 6.07) is 0. The normalized spacial score (nSPS) is 13.9. The number of aliphatic hydroxyl groups excluding tert-OH is 1. The van der Waals surface area contributed by atoms with Crippen molar-refractivity contribution in [1.82, 2.24) is 0 Å². The van der Waals surface area contributed by atoms with Crippen LogP contribution in [0.5, 0.6) is 0 Å². The van der Waals surface area contributed by atoms with Crippen molar-refractivity contribution < 1.29 is 80.2 Å². The maximum absolute atomic E-state index is 13.1. The largest absolute Gasteiger partial charge is 0.472 e. The van der Waals surface area contributed by atoms with E-state index >= 15 is 0 Å². The summed E-state index contributed by atoms with van der Waals surface area (Å²) < 4.78 is 68.8. The Balaban J connectivity index is 5.31. The maximum Gasteiger partial charge on any atom is 0.472 e. The molecule has 17 nitrogen and oxygen atoms in total. The zero-order valence-corrected chi connectivity index (χ0v) is 67.9. The average molecular weight is 1490 g/mol. The van der Waals surface area contributed by atoms with Gasteiger partial charge in [-0.3, -0.25) is 37.3 Å². The van der Waals surface area contributed by atoms with Crippen molar-refractivity contribution in [2.45, 2.75) is 444 Å². The topological polar surface area (TPSA) is 237 Å². The lowest BCUT2D eigenvalue weighted by Crippen LogP contribution is -2.30. The molecule has 0 heterocycles. The number of allylic oxidation sites excluding steroid dienone is 4. The highest BCUT2D eigenvalue weighted by Crippen LogP contribution is 2.45. The van der Waals surface area contributed by atoms with Gasteiger partial charge in [-0.05, 0) is 77.0 Å². The maximum atomic E-state index is 13.1. The lowest BCUT2D eigenvalue weighted by molar-refractivity contribution is -0.161. The molecule has 0 aromatic rings. The standard InChI is InChI=1S/C83H158O17P2/c1-5-9-13-17-21-25-29-33-37-38-42-46-50-54-58-62-66-70-83(88)100-79(74-94-81(86)68-64-60-56-52-48-44-40-35-31-27-23-19-15-11-7-3)76-98-102(91,92)96-72-77(84)71-95-101(89,90)97-75-78(99-82(87)69-65-61-57-53-49-45-41-36-32-28-24-20-16-12-8-4)73-93-80(85)67-63-59-55-51-47-43-39-34-30-26-22-18-14-10-6-2/h35-36,40-41,77-79,84H,5-34,37-39,42-76H2,1-4H3,(H,89,90)(H,91,92)/b40-35-,41-36-/t77-,78-,79-/m1/s1. The van der Waals surface area contributed by atoms with Gasteiger partial charge in [-0.15, -0.1) is 0 Å². The number of unbranched alkanes of at least 4 members (excludes halogenated alkanes) is 52. The third-order valence-electron chi connectivity index (χ3n) is 18.9. The molecule has 0 amide bonds. The van der Waals surface area contributed by atoms with E-state index in [0.717, 1.165) is 122 Å². The third kappa shape index (κ3) is 75.8. The zero-order valence-electron chi connectivity index (χ0n) is 66.1. The van der Waals surface area contributed by atoms with Crippen LogP contribution in [0.2, 0.25) is 0 Å². The second-order valence-corrected chi connectivity index (χ2v) is 32.0. The average Bonchev–Trinajstić information content (AvgIpc) is 1.12. The van der Waals surface area contributed by atoms with Gasteiger partial charge in [-0.1, -0.05) is 347 Å². The Morgan fingerprint density at radius 3 is 0.676 bits per heavy atom. The summed E-state index contributed by atoms with van der Waals surface area (Å²) in [4.78, 5) is 73.1. The number of phosphoric acid groups is 2. The van der Waals surface area contributed by atoms with Gasteiger partial charge in [0.25, 0.3) is 0 Å². The Hall–Kier alpha value is -2.46. The van der Waals surface area contributed by atoms with Crippen molar-refractivity contribution in [1.29, 1.82) is 0 Å². The molecule has 0 rings (SSSR count). The number of ether oxygens (including phenoxy) is 4. The van der Waals surface area contributed by atoms with Gasteiger partial charge in [0.2, 0.25) is 0 Å². The third-order valence-corrected chi connectivity index (χ3v) is 20.8. The van der Waals surface area contributed by atoms with E-state index in [1.54, 1.807) is 0 Å². The SMILES string of the molecule is CCCCCCCC/C=C\CCCCCCCC(=O)OC[C@H](COP(=O)(O)OC[C@H](O)COP(=O)(O)OC[C@@H](COC(=O)CCCCCCCCCCCCCCCCC)OC(=O)CCCCCCC/C=C\CCCCCCCC)OC(=O)CCCCCCCCCCCCCCCCCCC. The molecular weight excluding hydrogens is 1330 g/mol. The summed E-state index contributed by atoms with van der Waals surface area (Å²) in [6.45, 7) is 4.99. The molecule has 0 aromatic carbocycles. The van der Waals surface area contributed by atoms with Gasteiger partial charge in [0.1, 0.15) is 19.3 Å². The Labute approximate surface area is 624 Å². The fraction of sp³-hybridized carbons (Fsp3) is 0.904. The smallest absolute Gasteiger partial charge is 0.462 e.